The van der Waals surface area contributed by atoms with E-state index in [-0.39, 0.29) is 17.7 Å². The highest BCUT2D eigenvalue weighted by atomic mass is 16.1. The Balaban J connectivity index is 1.71. The van der Waals surface area contributed by atoms with Crippen LogP contribution in [0.4, 0.5) is 0 Å². The van der Waals surface area contributed by atoms with Crippen LogP contribution < -0.4 is 5.32 Å². The van der Waals surface area contributed by atoms with E-state index in [1.165, 1.54) is 0 Å². The number of rotatable bonds is 7. The van der Waals surface area contributed by atoms with E-state index in [0.717, 1.165) is 16.6 Å². The molecule has 1 heterocycles. The highest BCUT2D eigenvalue weighted by Crippen LogP contribution is 2.21. The maximum absolute atomic E-state index is 12.2. The van der Waals surface area contributed by atoms with Gasteiger partial charge in [0.2, 0.25) is 5.91 Å². The zero-order valence-electron chi connectivity index (χ0n) is 15.1. The van der Waals surface area contributed by atoms with Crippen LogP contribution in [0.5, 0.6) is 0 Å². The smallest absolute Gasteiger partial charge is 0.220 e. The van der Waals surface area contributed by atoms with E-state index in [1.807, 2.05) is 66.1 Å². The average Bonchev–Trinajstić information content (AvgIpc) is 3.03. The molecule has 0 saturated carbocycles. The topological polar surface area (TPSA) is 64.0 Å². The van der Waals surface area contributed by atoms with Gasteiger partial charge in [0.25, 0.3) is 0 Å². The quantitative estimate of drug-likeness (QED) is 0.711. The Labute approximate surface area is 153 Å². The molecule has 3 rings (SSSR count). The number of aromatic nitrogens is 2. The SMILES string of the molecule is CC(=O)C(C)n1c(CNC(=O)CCc2ccccc2)nc2ccccc21. The summed E-state index contributed by atoms with van der Waals surface area (Å²) in [6, 6.07) is 17.3. The van der Waals surface area contributed by atoms with Crippen LogP contribution in [0.2, 0.25) is 0 Å². The third kappa shape index (κ3) is 3.99. The van der Waals surface area contributed by atoms with Crippen molar-refractivity contribution < 1.29 is 9.59 Å². The Hall–Kier alpha value is -2.95. The zero-order chi connectivity index (χ0) is 18.5. The fourth-order valence-corrected chi connectivity index (χ4v) is 3.00. The number of carbonyl (C=O) groups excluding carboxylic acids is 2. The zero-order valence-corrected chi connectivity index (χ0v) is 15.1. The molecule has 1 aromatic heterocycles. The number of benzene rings is 2. The van der Waals surface area contributed by atoms with Crippen LogP contribution in [-0.4, -0.2) is 21.2 Å². The molecule has 0 aliphatic rings. The van der Waals surface area contributed by atoms with Gasteiger partial charge in [0, 0.05) is 6.42 Å². The predicted molar refractivity (Wildman–Crippen MR) is 102 cm³/mol. The molecule has 5 heteroatoms. The summed E-state index contributed by atoms with van der Waals surface area (Å²) in [5, 5.41) is 2.93. The minimum atomic E-state index is -0.321. The number of carbonyl (C=O) groups is 2. The average molecular weight is 349 g/mol. The fraction of sp³-hybridized carbons (Fsp3) is 0.286. The lowest BCUT2D eigenvalue weighted by atomic mass is 10.1. The number of imidazole rings is 1. The summed E-state index contributed by atoms with van der Waals surface area (Å²) in [4.78, 5) is 28.7. The van der Waals surface area contributed by atoms with Crippen molar-refractivity contribution >= 4 is 22.7 Å². The van der Waals surface area contributed by atoms with Crippen molar-refractivity contribution in [2.75, 3.05) is 0 Å². The molecule has 5 nitrogen and oxygen atoms in total. The van der Waals surface area contributed by atoms with Gasteiger partial charge >= 0.3 is 0 Å². The van der Waals surface area contributed by atoms with Gasteiger partial charge in [-0.25, -0.2) is 4.98 Å². The van der Waals surface area contributed by atoms with Crippen LogP contribution in [0.1, 0.15) is 37.7 Å². The molecular weight excluding hydrogens is 326 g/mol. The second-order valence-electron chi connectivity index (χ2n) is 6.44. The third-order valence-corrected chi connectivity index (χ3v) is 4.57. The van der Waals surface area contributed by atoms with Crippen molar-refractivity contribution in [3.8, 4) is 0 Å². The van der Waals surface area contributed by atoms with E-state index in [1.54, 1.807) is 6.92 Å². The Kier molecular flexibility index (Phi) is 5.46. The monoisotopic (exact) mass is 349 g/mol. The van der Waals surface area contributed by atoms with Crippen molar-refractivity contribution in [1.82, 2.24) is 14.9 Å². The van der Waals surface area contributed by atoms with Crippen LogP contribution in [0, 0.1) is 0 Å². The number of hydrogen-bond acceptors (Lipinski definition) is 3. The summed E-state index contributed by atoms with van der Waals surface area (Å²) in [6.07, 6.45) is 1.12. The van der Waals surface area contributed by atoms with Crippen LogP contribution in [0.25, 0.3) is 11.0 Å². The van der Waals surface area contributed by atoms with E-state index in [9.17, 15) is 9.59 Å². The second kappa shape index (κ2) is 7.95. The molecule has 1 amide bonds. The van der Waals surface area contributed by atoms with Crippen LogP contribution in [-0.2, 0) is 22.6 Å². The summed E-state index contributed by atoms with van der Waals surface area (Å²) in [7, 11) is 0. The van der Waals surface area contributed by atoms with Crippen LogP contribution in [0.3, 0.4) is 0 Å². The summed E-state index contributed by atoms with van der Waals surface area (Å²) in [6.45, 7) is 3.73. The van der Waals surface area contributed by atoms with E-state index < -0.39 is 0 Å². The first-order valence-corrected chi connectivity index (χ1v) is 8.83. The maximum Gasteiger partial charge on any atom is 0.220 e. The first-order valence-electron chi connectivity index (χ1n) is 8.83. The lowest BCUT2D eigenvalue weighted by molar-refractivity contribution is -0.121. The molecule has 0 radical (unpaired) electrons. The van der Waals surface area contributed by atoms with Gasteiger partial charge < -0.3 is 9.88 Å². The van der Waals surface area contributed by atoms with Gasteiger partial charge in [-0.15, -0.1) is 0 Å². The fourth-order valence-electron chi connectivity index (χ4n) is 3.00. The number of amides is 1. The summed E-state index contributed by atoms with van der Waals surface area (Å²) in [5.74, 6) is 0.731. The number of Topliss-reactive ketones (excluding diaryl/α,β-unsaturated/α-hetero) is 1. The molecule has 1 N–H and O–H groups in total. The molecule has 134 valence electrons. The van der Waals surface area contributed by atoms with E-state index >= 15 is 0 Å². The summed E-state index contributed by atoms with van der Waals surface area (Å²) < 4.78 is 1.91. The molecule has 0 aliphatic carbocycles. The predicted octanol–water partition coefficient (Wildman–Crippen LogP) is 3.44. The molecule has 1 unspecified atom stereocenters. The van der Waals surface area contributed by atoms with E-state index in [0.29, 0.717) is 25.2 Å². The van der Waals surface area contributed by atoms with Crippen LogP contribution in [0.15, 0.2) is 54.6 Å². The molecule has 1 atom stereocenters. The first kappa shape index (κ1) is 17.9. The van der Waals surface area contributed by atoms with Crippen molar-refractivity contribution in [3.05, 3.63) is 66.0 Å². The minimum Gasteiger partial charge on any atom is -0.349 e. The molecule has 0 saturated heterocycles. The highest BCUT2D eigenvalue weighted by molar-refractivity contribution is 5.84. The number of nitrogens with zero attached hydrogens (tertiary/aromatic N) is 2. The highest BCUT2D eigenvalue weighted by Gasteiger charge is 2.19. The Bertz CT molecular complexity index is 915. The molecule has 0 bridgehead atoms. The summed E-state index contributed by atoms with van der Waals surface area (Å²) in [5.41, 5.74) is 2.87. The third-order valence-electron chi connectivity index (χ3n) is 4.57. The van der Waals surface area contributed by atoms with Gasteiger partial charge in [0.05, 0.1) is 23.6 Å². The number of fused-ring (bicyclic) bond motifs is 1. The lowest BCUT2D eigenvalue weighted by Gasteiger charge is -2.15. The van der Waals surface area contributed by atoms with Gasteiger partial charge in [0.1, 0.15) is 5.82 Å². The lowest BCUT2D eigenvalue weighted by Crippen LogP contribution is -2.26. The molecular formula is C21H23N3O2. The van der Waals surface area contributed by atoms with Crippen molar-refractivity contribution in [2.24, 2.45) is 0 Å². The Morgan fingerprint density at radius 2 is 1.77 bits per heavy atom. The van der Waals surface area contributed by atoms with E-state index in [4.69, 9.17) is 0 Å². The molecule has 0 spiro atoms. The molecule has 2 aromatic carbocycles. The number of para-hydroxylation sites is 2. The number of ketones is 1. The Morgan fingerprint density at radius 3 is 2.50 bits per heavy atom. The number of aryl methyl sites for hydroxylation is 1. The maximum atomic E-state index is 12.2. The summed E-state index contributed by atoms with van der Waals surface area (Å²) >= 11 is 0. The van der Waals surface area contributed by atoms with Crippen LogP contribution >= 0.6 is 0 Å². The van der Waals surface area contributed by atoms with Gasteiger partial charge in [-0.1, -0.05) is 42.5 Å². The minimum absolute atomic E-state index is 0.0251. The standard InChI is InChI=1S/C21H23N3O2/c1-15(16(2)25)24-19-11-7-6-10-18(19)23-20(24)14-22-21(26)13-12-17-8-4-3-5-9-17/h3-11,15H,12-14H2,1-2H3,(H,22,26). The molecule has 0 aliphatic heterocycles. The molecule has 3 aromatic rings. The van der Waals surface area contributed by atoms with E-state index in [2.05, 4.69) is 10.3 Å². The molecule has 26 heavy (non-hydrogen) atoms. The van der Waals surface area contributed by atoms with Gasteiger partial charge in [0.15, 0.2) is 5.78 Å². The first-order chi connectivity index (χ1) is 12.6. The second-order valence-corrected chi connectivity index (χ2v) is 6.44. The van der Waals surface area contributed by atoms with Crippen molar-refractivity contribution in [1.29, 1.82) is 0 Å². The Morgan fingerprint density at radius 1 is 1.08 bits per heavy atom. The van der Waals surface area contributed by atoms with Crippen molar-refractivity contribution in [3.63, 3.8) is 0 Å². The number of nitrogens with one attached hydrogen (secondary N) is 1. The largest absolute Gasteiger partial charge is 0.349 e. The molecule has 0 fully saturated rings. The van der Waals surface area contributed by atoms with Crippen molar-refractivity contribution in [2.45, 2.75) is 39.3 Å². The van der Waals surface area contributed by atoms with Gasteiger partial charge in [-0.05, 0) is 38.0 Å². The number of hydrogen-bond donors (Lipinski definition) is 1. The van der Waals surface area contributed by atoms with Gasteiger partial charge in [-0.3, -0.25) is 9.59 Å². The normalized spacial score (nSPS) is 12.1. The van der Waals surface area contributed by atoms with Gasteiger partial charge in [-0.2, -0.15) is 0 Å².